The molecule has 0 saturated carbocycles. The fraction of sp³-hybridized carbons (Fsp3) is 0.185. The van der Waals surface area contributed by atoms with Crippen LogP contribution in [0.25, 0.3) is 16.6 Å². The van der Waals surface area contributed by atoms with Gasteiger partial charge < -0.3 is 14.8 Å². The molecule has 0 aliphatic carbocycles. The maximum Gasteiger partial charge on any atom is 0.258 e. The number of rotatable bonds is 9. The first-order valence-corrected chi connectivity index (χ1v) is 12.9. The number of para-hydroxylation sites is 1. The lowest BCUT2D eigenvalue weighted by atomic mass is 10.1. The molecule has 0 bridgehead atoms. The number of methoxy groups -OCH3 is 2. The summed E-state index contributed by atoms with van der Waals surface area (Å²) in [4.78, 5) is 26.6. The van der Waals surface area contributed by atoms with Crippen LogP contribution in [-0.2, 0) is 12.2 Å². The minimum Gasteiger partial charge on any atom is -0.493 e. The number of hydrogen-bond donors (Lipinski definition) is 1. The molecule has 1 N–H and O–H groups in total. The van der Waals surface area contributed by atoms with Crippen LogP contribution in [0.3, 0.4) is 0 Å². The predicted octanol–water partition coefficient (Wildman–Crippen LogP) is 5.26. The van der Waals surface area contributed by atoms with Crippen LogP contribution >= 0.6 is 23.4 Å². The molecule has 0 aliphatic heterocycles. The van der Waals surface area contributed by atoms with Gasteiger partial charge in [-0.25, -0.2) is 15.0 Å². The summed E-state index contributed by atoms with van der Waals surface area (Å²) in [7, 11) is 3.26. The number of hydrogen-bond acceptors (Lipinski definition) is 8. The van der Waals surface area contributed by atoms with Gasteiger partial charge in [-0.3, -0.25) is 9.20 Å². The number of nitrogens with zero attached hydrogens (tertiary/aromatic N) is 4. The molecule has 3 aromatic heterocycles. The number of halogens is 1. The number of nitrogens with one attached hydrogen (secondary N) is 1. The molecule has 3 heterocycles. The number of aromatic nitrogens is 4. The Balaban J connectivity index is 1.33. The van der Waals surface area contributed by atoms with Gasteiger partial charge in [-0.05, 0) is 48.4 Å². The van der Waals surface area contributed by atoms with Gasteiger partial charge in [0.05, 0.1) is 30.5 Å². The molecule has 37 heavy (non-hydrogen) atoms. The molecule has 10 heteroatoms. The number of benzene rings is 2. The van der Waals surface area contributed by atoms with E-state index in [1.165, 1.54) is 22.2 Å². The third-order valence-electron chi connectivity index (χ3n) is 5.76. The number of thioether (sulfide) groups is 1. The summed E-state index contributed by atoms with van der Waals surface area (Å²) in [5, 5.41) is 5.49. The monoisotopic (exact) mass is 533 g/mol. The van der Waals surface area contributed by atoms with Crippen LogP contribution in [0.1, 0.15) is 11.3 Å². The average Bonchev–Trinajstić information content (AvgIpc) is 2.92. The number of ether oxygens (including phenoxy) is 2. The Hall–Kier alpha value is -3.82. The van der Waals surface area contributed by atoms with Crippen molar-refractivity contribution < 1.29 is 9.47 Å². The molecule has 0 atom stereocenters. The van der Waals surface area contributed by atoms with Gasteiger partial charge in [0.25, 0.3) is 5.56 Å². The van der Waals surface area contributed by atoms with Crippen molar-refractivity contribution in [3.8, 4) is 11.5 Å². The summed E-state index contributed by atoms with van der Waals surface area (Å²) >= 11 is 7.44. The Morgan fingerprint density at radius 3 is 2.65 bits per heavy atom. The summed E-state index contributed by atoms with van der Waals surface area (Å²) in [5.41, 5.74) is 2.98. The predicted molar refractivity (Wildman–Crippen MR) is 147 cm³/mol. The molecule has 0 unspecified atom stereocenters. The van der Waals surface area contributed by atoms with Gasteiger partial charge in [0.2, 0.25) is 0 Å². The van der Waals surface area contributed by atoms with E-state index in [4.69, 9.17) is 31.0 Å². The Morgan fingerprint density at radius 2 is 1.81 bits per heavy atom. The molecule has 8 nitrogen and oxygen atoms in total. The molecule has 0 fully saturated rings. The van der Waals surface area contributed by atoms with Gasteiger partial charge in [0.15, 0.2) is 16.7 Å². The minimum absolute atomic E-state index is 0.181. The third-order valence-corrected chi connectivity index (χ3v) is 6.87. The molecule has 0 spiro atoms. The van der Waals surface area contributed by atoms with Gasteiger partial charge >= 0.3 is 0 Å². The number of fused-ring (bicyclic) bond motifs is 2. The largest absolute Gasteiger partial charge is 0.493 e. The van der Waals surface area contributed by atoms with Gasteiger partial charge in [0.1, 0.15) is 11.5 Å². The van der Waals surface area contributed by atoms with Crippen LogP contribution in [-0.4, -0.2) is 40.1 Å². The van der Waals surface area contributed by atoms with Crippen LogP contribution in [0.5, 0.6) is 11.5 Å². The molecule has 0 radical (unpaired) electrons. The van der Waals surface area contributed by atoms with Crippen molar-refractivity contribution >= 4 is 45.7 Å². The Bertz CT molecular complexity index is 1640. The summed E-state index contributed by atoms with van der Waals surface area (Å²) in [6.45, 7) is 0.673. The minimum atomic E-state index is -0.181. The van der Waals surface area contributed by atoms with Crippen LogP contribution in [0.15, 0.2) is 76.8 Å². The lowest BCUT2D eigenvalue weighted by molar-refractivity contribution is 0.354. The van der Waals surface area contributed by atoms with E-state index in [9.17, 15) is 4.79 Å². The van der Waals surface area contributed by atoms with Gasteiger partial charge in [-0.15, -0.1) is 0 Å². The zero-order chi connectivity index (χ0) is 25.8. The Labute approximate surface area is 222 Å². The quantitative estimate of drug-likeness (QED) is 0.203. The van der Waals surface area contributed by atoms with E-state index < -0.39 is 0 Å². The topological polar surface area (TPSA) is 90.6 Å². The first-order valence-electron chi connectivity index (χ1n) is 11.6. The number of anilines is 1. The van der Waals surface area contributed by atoms with E-state index in [-0.39, 0.29) is 5.56 Å². The fourth-order valence-corrected chi connectivity index (χ4v) is 4.86. The van der Waals surface area contributed by atoms with Gasteiger partial charge in [-0.2, -0.15) is 0 Å². The van der Waals surface area contributed by atoms with E-state index in [2.05, 4.69) is 10.3 Å². The molecule has 5 rings (SSSR count). The molecule has 0 saturated heterocycles. The lowest BCUT2D eigenvalue weighted by Gasteiger charge is -2.12. The second kappa shape index (κ2) is 11.1. The fourth-order valence-electron chi connectivity index (χ4n) is 3.95. The summed E-state index contributed by atoms with van der Waals surface area (Å²) in [5.74, 6) is 2.62. The maximum atomic E-state index is 12.5. The Kier molecular flexibility index (Phi) is 7.43. The SMILES string of the molecule is COc1ccc(CCNc2nc(SCc3cc(=O)n4cc(Cl)ccc4n3)nc3ccccc23)cc1OC. The molecular weight excluding hydrogens is 510 g/mol. The molecule has 5 aromatic rings. The number of pyridine rings is 1. The zero-order valence-electron chi connectivity index (χ0n) is 20.3. The van der Waals surface area contributed by atoms with E-state index in [1.807, 2.05) is 42.5 Å². The van der Waals surface area contributed by atoms with Crippen LogP contribution in [0.4, 0.5) is 5.82 Å². The van der Waals surface area contributed by atoms with Crippen molar-refractivity contribution in [2.45, 2.75) is 17.3 Å². The van der Waals surface area contributed by atoms with Crippen molar-refractivity contribution in [3.63, 3.8) is 0 Å². The highest BCUT2D eigenvalue weighted by Crippen LogP contribution is 2.29. The zero-order valence-corrected chi connectivity index (χ0v) is 21.8. The Morgan fingerprint density at radius 1 is 0.973 bits per heavy atom. The second-order valence-electron chi connectivity index (χ2n) is 8.19. The van der Waals surface area contributed by atoms with Crippen molar-refractivity contribution in [2.24, 2.45) is 0 Å². The molecule has 0 amide bonds. The van der Waals surface area contributed by atoms with E-state index in [0.29, 0.717) is 45.3 Å². The standard InChI is InChI=1S/C27H24ClN5O3S/c1-35-22-9-7-17(13-23(22)36-2)11-12-29-26-20-5-3-4-6-21(20)31-27(32-26)37-16-19-14-25(34)33-15-18(28)8-10-24(33)30-19/h3-10,13-15H,11-12,16H2,1-2H3,(H,29,31,32). The van der Waals surface area contributed by atoms with Crippen LogP contribution in [0, 0.1) is 0 Å². The summed E-state index contributed by atoms with van der Waals surface area (Å²) in [6, 6.07) is 18.7. The smallest absolute Gasteiger partial charge is 0.258 e. The molecule has 0 aliphatic rings. The normalized spacial score (nSPS) is 11.1. The average molecular weight is 534 g/mol. The highest BCUT2D eigenvalue weighted by molar-refractivity contribution is 7.98. The van der Waals surface area contributed by atoms with Crippen molar-refractivity contribution in [3.05, 3.63) is 93.5 Å². The maximum absolute atomic E-state index is 12.5. The first-order chi connectivity index (χ1) is 18.0. The van der Waals surface area contributed by atoms with Crippen LogP contribution in [0.2, 0.25) is 5.02 Å². The molecule has 2 aromatic carbocycles. The highest BCUT2D eigenvalue weighted by Gasteiger charge is 2.11. The van der Waals surface area contributed by atoms with Gasteiger partial charge in [-0.1, -0.05) is 41.6 Å². The van der Waals surface area contributed by atoms with Crippen molar-refractivity contribution in [2.75, 3.05) is 26.1 Å². The second-order valence-corrected chi connectivity index (χ2v) is 9.57. The highest BCUT2D eigenvalue weighted by atomic mass is 35.5. The molecule has 188 valence electrons. The first kappa shape index (κ1) is 24.9. The summed E-state index contributed by atoms with van der Waals surface area (Å²) in [6.07, 6.45) is 2.34. The lowest BCUT2D eigenvalue weighted by Crippen LogP contribution is -2.15. The molecular formula is C27H24ClN5O3S. The van der Waals surface area contributed by atoms with Crippen molar-refractivity contribution in [1.82, 2.24) is 19.4 Å². The third kappa shape index (κ3) is 5.63. The van der Waals surface area contributed by atoms with E-state index >= 15 is 0 Å². The van der Waals surface area contributed by atoms with E-state index in [0.717, 1.165) is 28.7 Å². The summed E-state index contributed by atoms with van der Waals surface area (Å²) < 4.78 is 12.2. The van der Waals surface area contributed by atoms with Crippen LogP contribution < -0.4 is 20.3 Å². The van der Waals surface area contributed by atoms with Crippen molar-refractivity contribution in [1.29, 1.82) is 0 Å². The van der Waals surface area contributed by atoms with E-state index in [1.54, 1.807) is 32.5 Å². The van der Waals surface area contributed by atoms with Gasteiger partial charge in [0, 0.05) is 29.9 Å².